The minimum Gasteiger partial charge on any atom is -0.493 e. The van der Waals surface area contributed by atoms with Gasteiger partial charge in [-0.3, -0.25) is 0 Å². The van der Waals surface area contributed by atoms with E-state index in [4.69, 9.17) is 15.2 Å². The van der Waals surface area contributed by atoms with Gasteiger partial charge in [-0.05, 0) is 36.1 Å². The van der Waals surface area contributed by atoms with Crippen molar-refractivity contribution in [1.29, 1.82) is 0 Å². The average molecular weight is 412 g/mol. The summed E-state index contributed by atoms with van der Waals surface area (Å²) in [5.41, 5.74) is 9.02. The minimum absolute atomic E-state index is 0.419. The van der Waals surface area contributed by atoms with E-state index in [1.165, 1.54) is 17.3 Å². The zero-order valence-electron chi connectivity index (χ0n) is 17.1. The topological polar surface area (TPSA) is 69.2 Å². The molecule has 0 heterocycles. The van der Waals surface area contributed by atoms with Crippen molar-refractivity contribution in [2.45, 2.75) is 31.9 Å². The Balaban J connectivity index is 2.09. The normalized spacial score (nSPS) is 11.6. The molecule has 0 atom stereocenters. The number of thioether (sulfide) groups is 1. The molecule has 5 nitrogen and oxygen atoms in total. The molecule has 154 valence electrons. The highest BCUT2D eigenvalue weighted by Gasteiger charge is 2.12. The first-order valence-electron chi connectivity index (χ1n) is 9.65. The maximum Gasteiger partial charge on any atom is 0.180 e. The van der Waals surface area contributed by atoms with Crippen molar-refractivity contribution in [3.05, 3.63) is 71.8 Å². The number of allylic oxidation sites excluding steroid dienone is 1. The zero-order valence-corrected chi connectivity index (χ0v) is 18.0. The Morgan fingerprint density at radius 2 is 2.03 bits per heavy atom. The van der Waals surface area contributed by atoms with Crippen LogP contribution in [-0.4, -0.2) is 25.1 Å². The van der Waals surface area contributed by atoms with Gasteiger partial charge in [0.05, 0.1) is 19.9 Å². The number of nitrogens with two attached hydrogens (primary N) is 1. The molecule has 0 amide bonds. The lowest BCUT2D eigenvalue weighted by atomic mass is 10.1. The number of nitrogens with zero attached hydrogens (tertiary/aromatic N) is 2. The second kappa shape index (κ2) is 12.7. The molecule has 0 bridgehead atoms. The third-order valence-electron chi connectivity index (χ3n) is 4.08. The fraction of sp³-hybridized carbons (Fsp3) is 0.304. The molecule has 2 N–H and O–H groups in total. The number of amidine groups is 1. The van der Waals surface area contributed by atoms with E-state index in [9.17, 15) is 0 Å². The number of ether oxygens (including phenoxy) is 2. The summed E-state index contributed by atoms with van der Waals surface area (Å²) in [7, 11) is 1.64. The molecule has 2 aromatic rings. The number of methoxy groups -OCH3 is 1. The quantitative estimate of drug-likeness (QED) is 0.182. The number of unbranched alkanes of at least 4 members (excludes halogenated alkanes) is 1. The lowest BCUT2D eigenvalue weighted by Gasteiger charge is -2.15. The highest BCUT2D eigenvalue weighted by Crippen LogP contribution is 2.33. The van der Waals surface area contributed by atoms with Crippen molar-refractivity contribution in [2.75, 3.05) is 13.7 Å². The molecule has 29 heavy (non-hydrogen) atoms. The van der Waals surface area contributed by atoms with Gasteiger partial charge in [-0.1, -0.05) is 61.5 Å². The molecule has 2 rings (SSSR count). The largest absolute Gasteiger partial charge is 0.493 e. The van der Waals surface area contributed by atoms with E-state index in [0.29, 0.717) is 23.9 Å². The number of hydrogen-bond acceptors (Lipinski definition) is 5. The van der Waals surface area contributed by atoms with Crippen molar-refractivity contribution in [2.24, 2.45) is 15.9 Å². The number of rotatable bonds is 11. The van der Waals surface area contributed by atoms with Crippen LogP contribution in [0, 0.1) is 0 Å². The fourth-order valence-electron chi connectivity index (χ4n) is 2.61. The highest BCUT2D eigenvalue weighted by atomic mass is 32.2. The van der Waals surface area contributed by atoms with Crippen molar-refractivity contribution in [3.63, 3.8) is 0 Å². The van der Waals surface area contributed by atoms with Crippen molar-refractivity contribution < 1.29 is 9.47 Å². The van der Waals surface area contributed by atoms with Gasteiger partial charge in [0.1, 0.15) is 0 Å². The SMILES string of the molecule is C=CCc1cc(C=NN=C(N)SCc2ccccc2)cc(OC)c1OCCCC. The molecular formula is C23H29N3O2S. The first kappa shape index (κ1) is 22.6. The van der Waals surface area contributed by atoms with Crippen LogP contribution in [0.4, 0.5) is 0 Å². The van der Waals surface area contributed by atoms with Crippen molar-refractivity contribution in [1.82, 2.24) is 0 Å². The second-order valence-corrected chi connectivity index (χ2v) is 7.36. The van der Waals surface area contributed by atoms with Gasteiger partial charge in [0.15, 0.2) is 16.7 Å². The Morgan fingerprint density at radius 3 is 2.72 bits per heavy atom. The Hall–Kier alpha value is -2.73. The maximum absolute atomic E-state index is 5.96. The lowest BCUT2D eigenvalue weighted by Crippen LogP contribution is -2.06. The molecule has 0 saturated carbocycles. The van der Waals surface area contributed by atoms with Crippen LogP contribution >= 0.6 is 11.8 Å². The minimum atomic E-state index is 0.419. The van der Waals surface area contributed by atoms with Crippen LogP contribution in [0.1, 0.15) is 36.5 Å². The third-order valence-corrected chi connectivity index (χ3v) is 4.93. The fourth-order valence-corrected chi connectivity index (χ4v) is 3.22. The number of benzene rings is 2. The van der Waals surface area contributed by atoms with Gasteiger partial charge in [-0.2, -0.15) is 5.10 Å². The summed E-state index contributed by atoms with van der Waals surface area (Å²) in [6, 6.07) is 14.0. The Kier molecular flexibility index (Phi) is 9.86. The van der Waals surface area contributed by atoms with Gasteiger partial charge >= 0.3 is 0 Å². The molecular weight excluding hydrogens is 382 g/mol. The molecule has 0 radical (unpaired) electrons. The molecule has 0 unspecified atom stereocenters. The van der Waals surface area contributed by atoms with Crippen LogP contribution in [0.3, 0.4) is 0 Å². The predicted octanol–water partition coefficient (Wildman–Crippen LogP) is 5.18. The Bertz CT molecular complexity index is 836. The summed E-state index contributed by atoms with van der Waals surface area (Å²) in [4.78, 5) is 0. The van der Waals surface area contributed by atoms with Crippen LogP contribution in [-0.2, 0) is 12.2 Å². The summed E-state index contributed by atoms with van der Waals surface area (Å²) in [6.45, 7) is 6.63. The maximum atomic E-state index is 5.96. The van der Waals surface area contributed by atoms with Crippen molar-refractivity contribution in [3.8, 4) is 11.5 Å². The summed E-state index contributed by atoms with van der Waals surface area (Å²) in [6.07, 6.45) is 6.26. The van der Waals surface area contributed by atoms with Gasteiger partial charge < -0.3 is 15.2 Å². The molecule has 0 aliphatic rings. The average Bonchev–Trinajstić information content (AvgIpc) is 2.74. The third kappa shape index (κ3) is 7.66. The highest BCUT2D eigenvalue weighted by molar-refractivity contribution is 8.13. The molecule has 0 spiro atoms. The molecule has 6 heteroatoms. The number of hydrogen-bond donors (Lipinski definition) is 1. The smallest absolute Gasteiger partial charge is 0.180 e. The van der Waals surface area contributed by atoms with E-state index in [-0.39, 0.29) is 0 Å². The van der Waals surface area contributed by atoms with Gasteiger partial charge in [-0.15, -0.1) is 11.7 Å². The summed E-state index contributed by atoms with van der Waals surface area (Å²) < 4.78 is 11.5. The Morgan fingerprint density at radius 1 is 1.24 bits per heavy atom. The molecule has 0 saturated heterocycles. The van der Waals surface area contributed by atoms with Crippen LogP contribution in [0.15, 0.2) is 65.3 Å². The van der Waals surface area contributed by atoms with Crippen LogP contribution in [0.5, 0.6) is 11.5 Å². The first-order valence-corrected chi connectivity index (χ1v) is 10.6. The van der Waals surface area contributed by atoms with Crippen LogP contribution < -0.4 is 15.2 Å². The molecule has 0 aliphatic heterocycles. The Labute approximate surface area is 177 Å². The molecule has 2 aromatic carbocycles. The van der Waals surface area contributed by atoms with Crippen molar-refractivity contribution >= 4 is 23.1 Å². The second-order valence-electron chi connectivity index (χ2n) is 6.36. The molecule has 0 aromatic heterocycles. The molecule has 0 fully saturated rings. The lowest BCUT2D eigenvalue weighted by molar-refractivity contribution is 0.286. The standard InChI is InChI=1S/C23H29N3O2S/c1-4-6-13-28-22-20(10-5-2)14-19(15-21(22)27-3)16-25-26-23(24)29-17-18-11-8-7-9-12-18/h5,7-9,11-12,14-16H,2,4,6,10,13,17H2,1,3H3,(H2,24,26). The summed E-state index contributed by atoms with van der Waals surface area (Å²) in [5.74, 6) is 2.20. The van der Waals surface area contributed by atoms with E-state index in [0.717, 1.165) is 35.5 Å². The van der Waals surface area contributed by atoms with E-state index < -0.39 is 0 Å². The predicted molar refractivity (Wildman–Crippen MR) is 124 cm³/mol. The first-order chi connectivity index (χ1) is 14.2. The van der Waals surface area contributed by atoms with E-state index >= 15 is 0 Å². The van der Waals surface area contributed by atoms with Crippen LogP contribution in [0.25, 0.3) is 0 Å². The van der Waals surface area contributed by atoms with Gasteiger partial charge in [0, 0.05) is 11.3 Å². The van der Waals surface area contributed by atoms with E-state index in [1.54, 1.807) is 13.3 Å². The van der Waals surface area contributed by atoms with Gasteiger partial charge in [0.25, 0.3) is 0 Å². The van der Waals surface area contributed by atoms with E-state index in [1.807, 2.05) is 36.4 Å². The van der Waals surface area contributed by atoms with E-state index in [2.05, 4.69) is 35.8 Å². The summed E-state index contributed by atoms with van der Waals surface area (Å²) in [5, 5.41) is 8.63. The van der Waals surface area contributed by atoms with Crippen LogP contribution in [0.2, 0.25) is 0 Å². The monoisotopic (exact) mass is 411 g/mol. The van der Waals surface area contributed by atoms with Gasteiger partial charge in [0.2, 0.25) is 0 Å². The molecule has 0 aliphatic carbocycles. The summed E-state index contributed by atoms with van der Waals surface area (Å²) >= 11 is 1.45. The van der Waals surface area contributed by atoms with Gasteiger partial charge in [-0.25, -0.2) is 0 Å². The zero-order chi connectivity index (χ0) is 20.9.